The second kappa shape index (κ2) is 3.13. The van der Waals surface area contributed by atoms with E-state index in [0.717, 1.165) is 19.3 Å². The highest BCUT2D eigenvalue weighted by Crippen LogP contribution is 2.74. The minimum atomic E-state index is -1.01. The number of rotatable bonds is 0. The molecule has 3 fully saturated rings. The Labute approximate surface area is 109 Å². The monoisotopic (exact) mass is 254 g/mol. The van der Waals surface area contributed by atoms with Crippen LogP contribution in [0.3, 0.4) is 0 Å². The highest BCUT2D eigenvalue weighted by atomic mass is 16.3. The van der Waals surface area contributed by atoms with Crippen molar-refractivity contribution in [2.24, 2.45) is 22.7 Å². The van der Waals surface area contributed by atoms with Crippen LogP contribution in [-0.4, -0.2) is 32.6 Å². The van der Waals surface area contributed by atoms with Crippen LogP contribution in [-0.2, 0) is 0 Å². The first-order chi connectivity index (χ1) is 8.11. The maximum atomic E-state index is 11.2. The summed E-state index contributed by atoms with van der Waals surface area (Å²) >= 11 is 0. The quantitative estimate of drug-likeness (QED) is 0.616. The van der Waals surface area contributed by atoms with Crippen molar-refractivity contribution in [3.8, 4) is 0 Å². The molecule has 0 radical (unpaired) electrons. The van der Waals surface area contributed by atoms with E-state index in [1.807, 2.05) is 13.8 Å². The lowest BCUT2D eigenvalue weighted by atomic mass is 9.58. The summed E-state index contributed by atoms with van der Waals surface area (Å²) in [5, 5.41) is 32.9. The molecule has 2 bridgehead atoms. The van der Waals surface area contributed by atoms with Crippen LogP contribution in [0.15, 0.2) is 0 Å². The Morgan fingerprint density at radius 1 is 1.11 bits per heavy atom. The van der Waals surface area contributed by atoms with Crippen LogP contribution < -0.4 is 0 Å². The van der Waals surface area contributed by atoms with Gasteiger partial charge in [-0.3, -0.25) is 0 Å². The van der Waals surface area contributed by atoms with Gasteiger partial charge in [-0.1, -0.05) is 20.8 Å². The van der Waals surface area contributed by atoms with E-state index in [9.17, 15) is 15.3 Å². The molecule has 3 aliphatic carbocycles. The predicted octanol–water partition coefficient (Wildman–Crippen LogP) is 1.70. The average molecular weight is 254 g/mol. The van der Waals surface area contributed by atoms with Gasteiger partial charge in [0, 0.05) is 0 Å². The van der Waals surface area contributed by atoms with Crippen LogP contribution >= 0.6 is 0 Å². The minimum absolute atomic E-state index is 0.0637. The second-order valence-corrected chi connectivity index (χ2v) is 7.78. The van der Waals surface area contributed by atoms with Gasteiger partial charge in [0.15, 0.2) is 0 Å². The molecule has 0 amide bonds. The van der Waals surface area contributed by atoms with Crippen molar-refractivity contribution < 1.29 is 15.3 Å². The Morgan fingerprint density at radius 3 is 2.33 bits per heavy atom. The lowest BCUT2D eigenvalue weighted by molar-refractivity contribution is -0.221. The molecule has 0 saturated heterocycles. The molecule has 3 aliphatic rings. The largest absolute Gasteiger partial charge is 0.392 e. The number of hydrogen-bond donors (Lipinski definition) is 3. The van der Waals surface area contributed by atoms with E-state index in [-0.39, 0.29) is 11.3 Å². The molecule has 0 aromatic carbocycles. The van der Waals surface area contributed by atoms with E-state index in [1.165, 1.54) is 0 Å². The topological polar surface area (TPSA) is 60.7 Å². The van der Waals surface area contributed by atoms with Crippen LogP contribution in [0.4, 0.5) is 0 Å². The molecule has 3 nitrogen and oxygen atoms in total. The van der Waals surface area contributed by atoms with Gasteiger partial charge in [0.25, 0.3) is 0 Å². The summed E-state index contributed by atoms with van der Waals surface area (Å²) in [6.45, 7) is 8.03. The second-order valence-electron chi connectivity index (χ2n) is 7.78. The van der Waals surface area contributed by atoms with Crippen molar-refractivity contribution in [2.75, 3.05) is 0 Å². The molecule has 0 unspecified atom stereocenters. The summed E-state index contributed by atoms with van der Waals surface area (Å²) in [7, 11) is 0. The molecule has 3 rings (SSSR count). The minimum Gasteiger partial charge on any atom is -0.392 e. The lowest BCUT2D eigenvalue weighted by Crippen LogP contribution is -2.63. The summed E-state index contributed by atoms with van der Waals surface area (Å²) in [5.41, 5.74) is -2.89. The predicted molar refractivity (Wildman–Crippen MR) is 68.9 cm³/mol. The molecular weight excluding hydrogens is 228 g/mol. The molecule has 18 heavy (non-hydrogen) atoms. The summed E-state index contributed by atoms with van der Waals surface area (Å²) in [6.07, 6.45) is 2.45. The van der Waals surface area contributed by atoms with E-state index < -0.39 is 22.7 Å². The fourth-order valence-corrected chi connectivity index (χ4v) is 5.66. The maximum absolute atomic E-state index is 11.2. The molecule has 3 heteroatoms. The number of hydrogen-bond acceptors (Lipinski definition) is 3. The number of aliphatic hydroxyl groups excluding tert-OH is 1. The highest BCUT2D eigenvalue weighted by molar-refractivity contribution is 5.28. The Kier molecular flexibility index (Phi) is 2.24. The number of aliphatic hydroxyl groups is 3. The van der Waals surface area contributed by atoms with Gasteiger partial charge in [-0.25, -0.2) is 0 Å². The molecular formula is C15H26O3. The van der Waals surface area contributed by atoms with Crippen LogP contribution in [0, 0.1) is 22.7 Å². The Bertz CT molecular complexity index is 389. The zero-order valence-corrected chi connectivity index (χ0v) is 11.9. The Morgan fingerprint density at radius 2 is 1.72 bits per heavy atom. The molecule has 104 valence electrons. The van der Waals surface area contributed by atoms with Crippen molar-refractivity contribution in [1.82, 2.24) is 0 Å². The van der Waals surface area contributed by atoms with Gasteiger partial charge in [-0.15, -0.1) is 0 Å². The molecule has 6 atom stereocenters. The molecule has 3 N–H and O–H groups in total. The molecule has 1 spiro atoms. The summed E-state index contributed by atoms with van der Waals surface area (Å²) in [6, 6.07) is 0. The number of fused-ring (bicyclic) bond motifs is 1. The zero-order chi connectivity index (χ0) is 13.6. The Balaban J connectivity index is 2.23. The molecule has 3 saturated carbocycles. The SMILES string of the molecule is C[C@H]1C[C@@H](O)[C@]23C[C@H](CC[C@]12O)C(C)(C)[C@]3(C)O. The van der Waals surface area contributed by atoms with E-state index in [2.05, 4.69) is 13.8 Å². The lowest BCUT2D eigenvalue weighted by Gasteiger charge is -2.53. The first-order valence-corrected chi connectivity index (χ1v) is 7.24. The van der Waals surface area contributed by atoms with Gasteiger partial charge in [0.1, 0.15) is 0 Å². The van der Waals surface area contributed by atoms with E-state index in [4.69, 9.17) is 0 Å². The normalized spacial score (nSPS) is 61.8. The fraction of sp³-hybridized carbons (Fsp3) is 1.00. The van der Waals surface area contributed by atoms with Gasteiger partial charge in [-0.2, -0.15) is 0 Å². The first-order valence-electron chi connectivity index (χ1n) is 7.24. The van der Waals surface area contributed by atoms with Gasteiger partial charge in [-0.05, 0) is 49.9 Å². The summed E-state index contributed by atoms with van der Waals surface area (Å²) in [5.74, 6) is 0.460. The van der Waals surface area contributed by atoms with Gasteiger partial charge >= 0.3 is 0 Å². The third-order valence-electron chi connectivity index (χ3n) is 7.32. The Hall–Kier alpha value is -0.120. The van der Waals surface area contributed by atoms with E-state index in [0.29, 0.717) is 12.3 Å². The zero-order valence-electron chi connectivity index (χ0n) is 11.9. The summed E-state index contributed by atoms with van der Waals surface area (Å²) in [4.78, 5) is 0. The van der Waals surface area contributed by atoms with Crippen molar-refractivity contribution in [3.05, 3.63) is 0 Å². The van der Waals surface area contributed by atoms with Crippen molar-refractivity contribution >= 4 is 0 Å². The average Bonchev–Trinajstić information content (AvgIpc) is 2.54. The maximum Gasteiger partial charge on any atom is 0.0782 e. The van der Waals surface area contributed by atoms with Crippen molar-refractivity contribution in [1.29, 1.82) is 0 Å². The van der Waals surface area contributed by atoms with Gasteiger partial charge in [0.05, 0.1) is 22.7 Å². The third kappa shape index (κ3) is 0.981. The van der Waals surface area contributed by atoms with Crippen molar-refractivity contribution in [2.45, 2.75) is 70.7 Å². The fourth-order valence-electron chi connectivity index (χ4n) is 5.66. The first kappa shape index (κ1) is 12.9. The highest BCUT2D eigenvalue weighted by Gasteiger charge is 2.79. The van der Waals surface area contributed by atoms with Gasteiger partial charge in [0.2, 0.25) is 0 Å². The molecule has 0 aromatic heterocycles. The standard InChI is InChI=1S/C15H26O3/c1-9-7-11(16)14-8-10(5-6-15(9,14)18)12(2,3)13(14,4)17/h9-11,16-18H,5-8H2,1-4H3/t9-,10-,11+,13-,14-,15-/m0/s1. The molecule has 0 aromatic rings. The summed E-state index contributed by atoms with van der Waals surface area (Å²) < 4.78 is 0. The third-order valence-corrected chi connectivity index (χ3v) is 7.32. The van der Waals surface area contributed by atoms with Crippen LogP contribution in [0.2, 0.25) is 0 Å². The van der Waals surface area contributed by atoms with E-state index >= 15 is 0 Å². The van der Waals surface area contributed by atoms with Crippen LogP contribution in [0.1, 0.15) is 53.4 Å². The van der Waals surface area contributed by atoms with E-state index in [1.54, 1.807) is 0 Å². The molecule has 0 heterocycles. The van der Waals surface area contributed by atoms with Crippen molar-refractivity contribution in [3.63, 3.8) is 0 Å². The van der Waals surface area contributed by atoms with Gasteiger partial charge < -0.3 is 15.3 Å². The van der Waals surface area contributed by atoms with Crippen LogP contribution in [0.5, 0.6) is 0 Å². The molecule has 0 aliphatic heterocycles. The smallest absolute Gasteiger partial charge is 0.0782 e. The van der Waals surface area contributed by atoms with Crippen LogP contribution in [0.25, 0.3) is 0 Å².